The second-order valence-corrected chi connectivity index (χ2v) is 5.82. The molecule has 0 aliphatic heterocycles. The van der Waals surface area contributed by atoms with E-state index in [4.69, 9.17) is 4.74 Å². The summed E-state index contributed by atoms with van der Waals surface area (Å²) in [7, 11) is 0. The standard InChI is InChI=1S/C17H22F3NO2/c18-17(19,20)14-7-4-6-13(12-14)16(22)21-10-5-11-23-15-8-2-1-3-9-15/h4,6-7,12,15H,1-3,5,8-11H2,(H,21,22). The zero-order valence-corrected chi connectivity index (χ0v) is 13.0. The van der Waals surface area contributed by atoms with Crippen molar-refractivity contribution in [2.75, 3.05) is 13.2 Å². The number of amides is 1. The van der Waals surface area contributed by atoms with Gasteiger partial charge in [-0.15, -0.1) is 0 Å². The predicted octanol–water partition coefficient (Wildman–Crippen LogP) is 4.17. The molecule has 1 amide bonds. The first-order valence-corrected chi connectivity index (χ1v) is 8.04. The molecule has 1 N–H and O–H groups in total. The molecule has 1 saturated carbocycles. The zero-order valence-electron chi connectivity index (χ0n) is 13.0. The van der Waals surface area contributed by atoms with Crippen LogP contribution in [-0.4, -0.2) is 25.2 Å². The molecule has 1 aromatic carbocycles. The summed E-state index contributed by atoms with van der Waals surface area (Å²) in [6, 6.07) is 4.44. The molecule has 2 rings (SSSR count). The minimum Gasteiger partial charge on any atom is -0.378 e. The van der Waals surface area contributed by atoms with Gasteiger partial charge >= 0.3 is 6.18 Å². The van der Waals surface area contributed by atoms with Crippen molar-refractivity contribution in [2.24, 2.45) is 0 Å². The van der Waals surface area contributed by atoms with Gasteiger partial charge in [0.2, 0.25) is 0 Å². The highest BCUT2D eigenvalue weighted by atomic mass is 19.4. The minimum atomic E-state index is -4.44. The number of hydrogen-bond donors (Lipinski definition) is 1. The maximum atomic E-state index is 12.6. The normalized spacial score (nSPS) is 16.3. The lowest BCUT2D eigenvalue weighted by molar-refractivity contribution is -0.137. The molecular weight excluding hydrogens is 307 g/mol. The summed E-state index contributed by atoms with van der Waals surface area (Å²) in [5.74, 6) is -0.492. The molecule has 0 bridgehead atoms. The van der Waals surface area contributed by atoms with E-state index in [9.17, 15) is 18.0 Å². The minimum absolute atomic E-state index is 0.0213. The third-order valence-electron chi connectivity index (χ3n) is 3.96. The second-order valence-electron chi connectivity index (χ2n) is 5.82. The van der Waals surface area contributed by atoms with E-state index in [0.717, 1.165) is 25.0 Å². The molecule has 23 heavy (non-hydrogen) atoms. The predicted molar refractivity (Wildman–Crippen MR) is 81.2 cm³/mol. The van der Waals surface area contributed by atoms with Crippen molar-refractivity contribution in [2.45, 2.75) is 50.8 Å². The molecule has 0 heterocycles. The van der Waals surface area contributed by atoms with E-state index < -0.39 is 17.6 Å². The Balaban J connectivity index is 1.70. The van der Waals surface area contributed by atoms with Crippen molar-refractivity contribution in [3.05, 3.63) is 35.4 Å². The molecule has 1 aromatic rings. The molecule has 0 unspecified atom stereocenters. The van der Waals surface area contributed by atoms with E-state index in [1.54, 1.807) is 0 Å². The van der Waals surface area contributed by atoms with Gasteiger partial charge in [-0.05, 0) is 37.5 Å². The van der Waals surface area contributed by atoms with E-state index in [1.807, 2.05) is 0 Å². The Morgan fingerprint density at radius 2 is 1.96 bits per heavy atom. The molecule has 128 valence electrons. The molecular formula is C17H22F3NO2. The van der Waals surface area contributed by atoms with Crippen LogP contribution in [0.3, 0.4) is 0 Å². The molecule has 0 aromatic heterocycles. The molecule has 1 aliphatic carbocycles. The summed E-state index contributed by atoms with van der Waals surface area (Å²) in [6.07, 6.45) is 2.40. The summed E-state index contributed by atoms with van der Waals surface area (Å²) in [6.45, 7) is 0.954. The van der Waals surface area contributed by atoms with Crippen LogP contribution in [0.2, 0.25) is 0 Å². The summed E-state index contributed by atoms with van der Waals surface area (Å²) in [5, 5.41) is 2.63. The smallest absolute Gasteiger partial charge is 0.378 e. The summed E-state index contributed by atoms with van der Waals surface area (Å²) < 4.78 is 43.6. The SMILES string of the molecule is O=C(NCCCOC1CCCCC1)c1cccc(C(F)(F)F)c1. The first-order valence-electron chi connectivity index (χ1n) is 8.04. The van der Waals surface area contributed by atoms with Crippen LogP contribution in [-0.2, 0) is 10.9 Å². The third kappa shape index (κ3) is 5.86. The van der Waals surface area contributed by atoms with Crippen LogP contribution in [0.25, 0.3) is 0 Å². The van der Waals surface area contributed by atoms with Crippen molar-refractivity contribution < 1.29 is 22.7 Å². The van der Waals surface area contributed by atoms with Crippen molar-refractivity contribution in [1.29, 1.82) is 0 Å². The first-order chi connectivity index (χ1) is 11.0. The van der Waals surface area contributed by atoms with Crippen molar-refractivity contribution >= 4 is 5.91 Å². The molecule has 0 spiro atoms. The van der Waals surface area contributed by atoms with E-state index in [2.05, 4.69) is 5.32 Å². The van der Waals surface area contributed by atoms with Gasteiger partial charge in [0.05, 0.1) is 11.7 Å². The maximum Gasteiger partial charge on any atom is 0.416 e. The highest BCUT2D eigenvalue weighted by Crippen LogP contribution is 2.29. The fourth-order valence-electron chi connectivity index (χ4n) is 2.69. The number of nitrogens with one attached hydrogen (secondary N) is 1. The fraction of sp³-hybridized carbons (Fsp3) is 0.588. The summed E-state index contributed by atoms with van der Waals surface area (Å²) in [4.78, 5) is 11.9. The van der Waals surface area contributed by atoms with Crippen LogP contribution in [0.5, 0.6) is 0 Å². The average molecular weight is 329 g/mol. The first kappa shape index (κ1) is 17.8. The van der Waals surface area contributed by atoms with Gasteiger partial charge in [-0.1, -0.05) is 25.3 Å². The molecule has 1 aliphatic rings. The monoisotopic (exact) mass is 329 g/mol. The lowest BCUT2D eigenvalue weighted by Crippen LogP contribution is -2.26. The van der Waals surface area contributed by atoms with Crippen LogP contribution in [0, 0.1) is 0 Å². The van der Waals surface area contributed by atoms with Gasteiger partial charge < -0.3 is 10.1 Å². The van der Waals surface area contributed by atoms with Gasteiger partial charge in [0.25, 0.3) is 5.91 Å². The Kier molecular flexibility index (Phi) is 6.45. The highest BCUT2D eigenvalue weighted by Gasteiger charge is 2.30. The van der Waals surface area contributed by atoms with E-state index in [1.165, 1.54) is 31.4 Å². The molecule has 3 nitrogen and oxygen atoms in total. The maximum absolute atomic E-state index is 12.6. The Hall–Kier alpha value is -1.56. The zero-order chi connectivity index (χ0) is 16.7. The van der Waals surface area contributed by atoms with Crippen LogP contribution in [0.1, 0.15) is 54.4 Å². The quantitative estimate of drug-likeness (QED) is 0.795. The van der Waals surface area contributed by atoms with Crippen molar-refractivity contribution in [1.82, 2.24) is 5.32 Å². The van der Waals surface area contributed by atoms with Gasteiger partial charge in [-0.2, -0.15) is 13.2 Å². The Labute approximate surface area is 134 Å². The Bertz CT molecular complexity index is 511. The van der Waals surface area contributed by atoms with Crippen molar-refractivity contribution in [3.8, 4) is 0 Å². The second kappa shape index (κ2) is 8.34. The van der Waals surface area contributed by atoms with E-state index in [-0.39, 0.29) is 5.56 Å². The van der Waals surface area contributed by atoms with Crippen LogP contribution >= 0.6 is 0 Å². The summed E-state index contributed by atoms with van der Waals surface area (Å²) >= 11 is 0. The van der Waals surface area contributed by atoms with E-state index in [0.29, 0.717) is 25.7 Å². The van der Waals surface area contributed by atoms with E-state index >= 15 is 0 Å². The number of rotatable bonds is 6. The lowest BCUT2D eigenvalue weighted by Gasteiger charge is -2.21. The molecule has 0 radical (unpaired) electrons. The topological polar surface area (TPSA) is 38.3 Å². The van der Waals surface area contributed by atoms with Gasteiger partial charge in [0, 0.05) is 18.7 Å². The highest BCUT2D eigenvalue weighted by molar-refractivity contribution is 5.94. The van der Waals surface area contributed by atoms with Gasteiger partial charge in [0.1, 0.15) is 0 Å². The largest absolute Gasteiger partial charge is 0.416 e. The number of hydrogen-bond acceptors (Lipinski definition) is 2. The lowest BCUT2D eigenvalue weighted by atomic mass is 9.98. The molecule has 1 fully saturated rings. The third-order valence-corrected chi connectivity index (χ3v) is 3.96. The van der Waals surface area contributed by atoms with Gasteiger partial charge in [-0.3, -0.25) is 4.79 Å². The van der Waals surface area contributed by atoms with Crippen LogP contribution in [0.4, 0.5) is 13.2 Å². The fourth-order valence-corrected chi connectivity index (χ4v) is 2.69. The Morgan fingerprint density at radius 1 is 1.22 bits per heavy atom. The average Bonchev–Trinajstić information content (AvgIpc) is 2.54. The molecule has 6 heteroatoms. The summed E-state index contributed by atoms with van der Waals surface area (Å²) in [5.41, 5.74) is -0.793. The number of alkyl halides is 3. The number of benzene rings is 1. The number of carbonyl (C=O) groups excluding carboxylic acids is 1. The number of ether oxygens (including phenoxy) is 1. The van der Waals surface area contributed by atoms with Crippen LogP contribution < -0.4 is 5.32 Å². The van der Waals surface area contributed by atoms with Crippen molar-refractivity contribution in [3.63, 3.8) is 0 Å². The van der Waals surface area contributed by atoms with Gasteiger partial charge in [0.15, 0.2) is 0 Å². The number of halogens is 3. The molecule has 0 saturated heterocycles. The van der Waals surface area contributed by atoms with Crippen LogP contribution in [0.15, 0.2) is 24.3 Å². The Morgan fingerprint density at radius 3 is 2.65 bits per heavy atom. The molecule has 0 atom stereocenters. The van der Waals surface area contributed by atoms with Gasteiger partial charge in [-0.25, -0.2) is 0 Å². The number of carbonyl (C=O) groups is 1.